The highest BCUT2D eigenvalue weighted by Gasteiger charge is 2.37. The predicted molar refractivity (Wildman–Crippen MR) is 74.2 cm³/mol. The number of ether oxygens (including phenoxy) is 1. The number of para-hydroxylation sites is 1. The molecule has 4 nitrogen and oxygen atoms in total. The molecule has 19 heavy (non-hydrogen) atoms. The molecule has 1 heterocycles. The van der Waals surface area contributed by atoms with Gasteiger partial charge in [-0.05, 0) is 31.4 Å². The Morgan fingerprint density at radius 2 is 2.26 bits per heavy atom. The number of carbonyl (C=O) groups excluding carboxylic acids is 1. The summed E-state index contributed by atoms with van der Waals surface area (Å²) in [4.78, 5) is 15.4. The van der Waals surface area contributed by atoms with E-state index in [1.165, 1.54) is 6.42 Å². The van der Waals surface area contributed by atoms with Crippen LogP contribution in [0.25, 0.3) is 10.9 Å². The van der Waals surface area contributed by atoms with Gasteiger partial charge < -0.3 is 15.0 Å². The molecule has 1 amide bonds. The van der Waals surface area contributed by atoms with Crippen molar-refractivity contribution in [2.24, 2.45) is 0 Å². The second kappa shape index (κ2) is 4.70. The van der Waals surface area contributed by atoms with Crippen molar-refractivity contribution in [3.8, 4) is 0 Å². The number of hydrogen-bond acceptors (Lipinski definition) is 2. The summed E-state index contributed by atoms with van der Waals surface area (Å²) in [6, 6.07) is 7.70. The van der Waals surface area contributed by atoms with E-state index < -0.39 is 0 Å². The molecular weight excluding hydrogens is 240 g/mol. The van der Waals surface area contributed by atoms with Crippen molar-refractivity contribution in [1.29, 1.82) is 0 Å². The first-order valence-corrected chi connectivity index (χ1v) is 6.64. The molecule has 0 saturated heterocycles. The summed E-state index contributed by atoms with van der Waals surface area (Å²) >= 11 is 0. The van der Waals surface area contributed by atoms with E-state index in [1.54, 1.807) is 7.11 Å². The summed E-state index contributed by atoms with van der Waals surface area (Å²) in [5, 5.41) is 4.04. The minimum Gasteiger partial charge on any atom is -0.376 e. The van der Waals surface area contributed by atoms with Crippen molar-refractivity contribution in [2.75, 3.05) is 13.7 Å². The number of benzene rings is 1. The lowest BCUT2D eigenvalue weighted by molar-refractivity contribution is -0.0679. The van der Waals surface area contributed by atoms with Crippen molar-refractivity contribution in [3.05, 3.63) is 36.0 Å². The first-order valence-electron chi connectivity index (χ1n) is 6.64. The van der Waals surface area contributed by atoms with E-state index in [1.807, 2.05) is 30.5 Å². The second-order valence-corrected chi connectivity index (χ2v) is 5.17. The van der Waals surface area contributed by atoms with Crippen LogP contribution in [0.3, 0.4) is 0 Å². The van der Waals surface area contributed by atoms with Crippen molar-refractivity contribution in [1.82, 2.24) is 10.3 Å². The molecule has 3 rings (SSSR count). The van der Waals surface area contributed by atoms with Gasteiger partial charge in [-0.1, -0.05) is 12.1 Å². The molecule has 100 valence electrons. The molecule has 1 aliphatic carbocycles. The summed E-state index contributed by atoms with van der Waals surface area (Å²) in [7, 11) is 1.72. The summed E-state index contributed by atoms with van der Waals surface area (Å²) in [5.41, 5.74) is 1.44. The average molecular weight is 258 g/mol. The maximum absolute atomic E-state index is 12.3. The van der Waals surface area contributed by atoms with E-state index in [4.69, 9.17) is 4.74 Å². The van der Waals surface area contributed by atoms with Gasteiger partial charge in [-0.2, -0.15) is 0 Å². The first kappa shape index (κ1) is 12.2. The highest BCUT2D eigenvalue weighted by Crippen LogP contribution is 2.34. The van der Waals surface area contributed by atoms with Crippen LogP contribution in [0.2, 0.25) is 0 Å². The number of nitrogens with one attached hydrogen (secondary N) is 2. The van der Waals surface area contributed by atoms with Crippen LogP contribution in [0, 0.1) is 0 Å². The molecule has 0 aliphatic heterocycles. The van der Waals surface area contributed by atoms with E-state index in [0.29, 0.717) is 12.1 Å². The number of aromatic amines is 1. The van der Waals surface area contributed by atoms with Crippen LogP contribution in [0.1, 0.15) is 29.6 Å². The maximum atomic E-state index is 12.3. The standard InChI is InChI=1S/C15H18N2O2/c1-19-15(7-3-8-15)10-17-14(18)12-5-2-4-11-6-9-16-13(11)12/h2,4-6,9,16H,3,7-8,10H2,1H3,(H,17,18). The van der Waals surface area contributed by atoms with Crippen LogP contribution in [0.15, 0.2) is 30.5 Å². The summed E-state index contributed by atoms with van der Waals surface area (Å²) in [6.45, 7) is 0.583. The van der Waals surface area contributed by atoms with E-state index in [2.05, 4.69) is 10.3 Å². The van der Waals surface area contributed by atoms with Gasteiger partial charge in [-0.15, -0.1) is 0 Å². The van der Waals surface area contributed by atoms with E-state index in [-0.39, 0.29) is 11.5 Å². The molecule has 2 aromatic rings. The van der Waals surface area contributed by atoms with E-state index >= 15 is 0 Å². The fourth-order valence-corrected chi connectivity index (χ4v) is 2.63. The zero-order valence-corrected chi connectivity index (χ0v) is 11.0. The van der Waals surface area contributed by atoms with Crippen LogP contribution in [-0.2, 0) is 4.74 Å². The quantitative estimate of drug-likeness (QED) is 0.885. The van der Waals surface area contributed by atoms with Gasteiger partial charge in [-0.25, -0.2) is 0 Å². The van der Waals surface area contributed by atoms with Crippen LogP contribution in [0.5, 0.6) is 0 Å². The molecular formula is C15H18N2O2. The van der Waals surface area contributed by atoms with Gasteiger partial charge in [0, 0.05) is 25.2 Å². The molecule has 4 heteroatoms. The number of hydrogen-bond donors (Lipinski definition) is 2. The van der Waals surface area contributed by atoms with Gasteiger partial charge in [-0.3, -0.25) is 4.79 Å². The normalized spacial score (nSPS) is 17.1. The molecule has 0 unspecified atom stereocenters. The molecule has 0 atom stereocenters. The SMILES string of the molecule is COC1(CNC(=O)c2cccc3cc[nH]c23)CCC1. The lowest BCUT2D eigenvalue weighted by atomic mass is 9.80. The Labute approximate surface area is 112 Å². The zero-order valence-electron chi connectivity index (χ0n) is 11.0. The molecule has 1 aromatic carbocycles. The smallest absolute Gasteiger partial charge is 0.253 e. The Bertz CT molecular complexity index is 593. The van der Waals surface area contributed by atoms with Gasteiger partial charge >= 0.3 is 0 Å². The average Bonchev–Trinajstić information content (AvgIpc) is 2.85. The van der Waals surface area contributed by atoms with Gasteiger partial charge in [0.25, 0.3) is 5.91 Å². The van der Waals surface area contributed by atoms with Crippen LogP contribution in [-0.4, -0.2) is 30.1 Å². The number of amides is 1. The fraction of sp³-hybridized carbons (Fsp3) is 0.400. The molecule has 2 N–H and O–H groups in total. The molecule has 1 saturated carbocycles. The minimum absolute atomic E-state index is 0.0450. The minimum atomic E-state index is -0.140. The fourth-order valence-electron chi connectivity index (χ4n) is 2.63. The van der Waals surface area contributed by atoms with Gasteiger partial charge in [0.2, 0.25) is 0 Å². The highest BCUT2D eigenvalue weighted by molar-refractivity contribution is 6.05. The summed E-state index contributed by atoms with van der Waals surface area (Å²) in [5.74, 6) is -0.0450. The molecule has 0 radical (unpaired) electrons. The van der Waals surface area contributed by atoms with Crippen molar-refractivity contribution >= 4 is 16.8 Å². The van der Waals surface area contributed by atoms with Crippen LogP contribution in [0.4, 0.5) is 0 Å². The number of H-pyrrole nitrogens is 1. The molecule has 0 bridgehead atoms. The molecule has 1 aromatic heterocycles. The summed E-state index contributed by atoms with van der Waals surface area (Å²) in [6.07, 6.45) is 5.08. The number of fused-ring (bicyclic) bond motifs is 1. The number of aromatic nitrogens is 1. The Morgan fingerprint density at radius 1 is 1.42 bits per heavy atom. The number of rotatable bonds is 4. The topological polar surface area (TPSA) is 54.1 Å². The molecule has 1 fully saturated rings. The third kappa shape index (κ3) is 2.12. The maximum Gasteiger partial charge on any atom is 0.253 e. The lowest BCUT2D eigenvalue weighted by Gasteiger charge is -2.40. The second-order valence-electron chi connectivity index (χ2n) is 5.17. The lowest BCUT2D eigenvalue weighted by Crippen LogP contribution is -2.49. The van der Waals surface area contributed by atoms with Crippen LogP contribution < -0.4 is 5.32 Å². The highest BCUT2D eigenvalue weighted by atomic mass is 16.5. The third-order valence-corrected chi connectivity index (χ3v) is 4.10. The van der Waals surface area contributed by atoms with Gasteiger partial charge in [0.15, 0.2) is 0 Å². The largest absolute Gasteiger partial charge is 0.376 e. The third-order valence-electron chi connectivity index (χ3n) is 4.10. The predicted octanol–water partition coefficient (Wildman–Crippen LogP) is 2.47. The summed E-state index contributed by atoms with van der Waals surface area (Å²) < 4.78 is 5.51. The Hall–Kier alpha value is -1.81. The monoisotopic (exact) mass is 258 g/mol. The van der Waals surface area contributed by atoms with E-state index in [0.717, 1.165) is 23.7 Å². The Balaban J connectivity index is 1.75. The van der Waals surface area contributed by atoms with Gasteiger partial charge in [0.1, 0.15) is 0 Å². The van der Waals surface area contributed by atoms with E-state index in [9.17, 15) is 4.79 Å². The number of methoxy groups -OCH3 is 1. The molecule has 0 spiro atoms. The van der Waals surface area contributed by atoms with Crippen LogP contribution >= 0.6 is 0 Å². The Morgan fingerprint density at radius 3 is 2.95 bits per heavy atom. The Kier molecular flexibility index (Phi) is 3.03. The van der Waals surface area contributed by atoms with Crippen molar-refractivity contribution in [3.63, 3.8) is 0 Å². The molecule has 1 aliphatic rings. The first-order chi connectivity index (χ1) is 9.24. The van der Waals surface area contributed by atoms with Crippen molar-refractivity contribution < 1.29 is 9.53 Å². The van der Waals surface area contributed by atoms with Crippen molar-refractivity contribution in [2.45, 2.75) is 24.9 Å². The number of carbonyl (C=O) groups is 1. The zero-order chi connectivity index (χ0) is 13.3. The van der Waals surface area contributed by atoms with Gasteiger partial charge in [0.05, 0.1) is 16.7 Å².